The molecule has 1 fully saturated rings. The van der Waals surface area contributed by atoms with Gasteiger partial charge in [-0.05, 0) is 37.8 Å². The van der Waals surface area contributed by atoms with Crippen molar-refractivity contribution in [3.05, 3.63) is 30.2 Å². The molecule has 0 aliphatic carbocycles. The maximum Gasteiger partial charge on any atom is 0.230 e. The molecule has 1 aliphatic rings. The Bertz CT molecular complexity index is 698. The van der Waals surface area contributed by atoms with Gasteiger partial charge in [0.05, 0.1) is 5.41 Å². The Labute approximate surface area is 143 Å². The monoisotopic (exact) mass is 329 g/mol. The van der Waals surface area contributed by atoms with E-state index in [-0.39, 0.29) is 11.8 Å². The fraction of sp³-hybridized carbons (Fsp3) is 0.611. The first kappa shape index (κ1) is 16.9. The van der Waals surface area contributed by atoms with Gasteiger partial charge in [0.1, 0.15) is 5.82 Å². The van der Waals surface area contributed by atoms with Crippen LogP contribution < -0.4 is 5.73 Å². The fourth-order valence-electron chi connectivity index (χ4n) is 3.77. The van der Waals surface area contributed by atoms with Crippen molar-refractivity contribution in [3.8, 4) is 0 Å². The SMILES string of the molecule is CCC(CC)(CN)C(=O)N1CCCC(c2nnc3ccccn23)C1. The first-order valence-electron chi connectivity index (χ1n) is 8.94. The standard InChI is InChI=1S/C18H27N5O/c1-3-18(4-2,13-19)17(24)22-10-7-8-14(12-22)16-21-20-15-9-5-6-11-23(15)16/h5-6,9,11,14H,3-4,7-8,10,12-13,19H2,1-2H3. The molecule has 0 spiro atoms. The molecule has 3 rings (SSSR count). The number of nitrogens with two attached hydrogens (primary N) is 1. The molecule has 1 aliphatic heterocycles. The van der Waals surface area contributed by atoms with E-state index in [9.17, 15) is 4.79 Å². The zero-order valence-electron chi connectivity index (χ0n) is 14.6. The van der Waals surface area contributed by atoms with Gasteiger partial charge in [0.2, 0.25) is 5.91 Å². The second-order valence-electron chi connectivity index (χ2n) is 6.77. The van der Waals surface area contributed by atoms with E-state index in [0.717, 1.165) is 43.7 Å². The van der Waals surface area contributed by atoms with Crippen LogP contribution in [0, 0.1) is 5.41 Å². The van der Waals surface area contributed by atoms with E-state index < -0.39 is 5.41 Å². The third-order valence-electron chi connectivity index (χ3n) is 5.61. The largest absolute Gasteiger partial charge is 0.341 e. The van der Waals surface area contributed by atoms with E-state index in [2.05, 4.69) is 24.0 Å². The molecule has 2 aromatic heterocycles. The normalized spacial score (nSPS) is 19.0. The van der Waals surface area contributed by atoms with E-state index in [0.29, 0.717) is 13.1 Å². The molecule has 6 heteroatoms. The van der Waals surface area contributed by atoms with Gasteiger partial charge in [-0.1, -0.05) is 19.9 Å². The summed E-state index contributed by atoms with van der Waals surface area (Å²) in [4.78, 5) is 15.1. The fourth-order valence-corrected chi connectivity index (χ4v) is 3.77. The zero-order valence-corrected chi connectivity index (χ0v) is 14.6. The number of pyridine rings is 1. The summed E-state index contributed by atoms with van der Waals surface area (Å²) in [5.74, 6) is 1.38. The molecule has 130 valence electrons. The van der Waals surface area contributed by atoms with Gasteiger partial charge in [-0.3, -0.25) is 9.20 Å². The molecule has 3 heterocycles. The Morgan fingerprint density at radius 3 is 2.83 bits per heavy atom. The van der Waals surface area contributed by atoms with Gasteiger partial charge < -0.3 is 10.6 Å². The molecule has 1 saturated heterocycles. The van der Waals surface area contributed by atoms with Crippen molar-refractivity contribution in [1.82, 2.24) is 19.5 Å². The second-order valence-corrected chi connectivity index (χ2v) is 6.77. The van der Waals surface area contributed by atoms with Crippen molar-refractivity contribution in [2.75, 3.05) is 19.6 Å². The molecule has 2 aromatic rings. The molecule has 0 radical (unpaired) electrons. The molecule has 24 heavy (non-hydrogen) atoms. The second kappa shape index (κ2) is 6.89. The van der Waals surface area contributed by atoms with Crippen molar-refractivity contribution < 1.29 is 4.79 Å². The highest BCUT2D eigenvalue weighted by atomic mass is 16.2. The summed E-state index contributed by atoms with van der Waals surface area (Å²) in [6, 6.07) is 5.90. The summed E-state index contributed by atoms with van der Waals surface area (Å²) in [7, 11) is 0. The summed E-state index contributed by atoms with van der Waals surface area (Å²) in [6.07, 6.45) is 5.59. The van der Waals surface area contributed by atoms with Crippen LogP contribution in [0.1, 0.15) is 51.3 Å². The van der Waals surface area contributed by atoms with Gasteiger partial charge in [0.15, 0.2) is 5.65 Å². The summed E-state index contributed by atoms with van der Waals surface area (Å²) in [6.45, 7) is 6.04. The van der Waals surface area contributed by atoms with Crippen LogP contribution in [-0.4, -0.2) is 45.0 Å². The Balaban J connectivity index is 1.83. The van der Waals surface area contributed by atoms with Gasteiger partial charge in [-0.15, -0.1) is 10.2 Å². The average molecular weight is 329 g/mol. The van der Waals surface area contributed by atoms with Crippen molar-refractivity contribution in [2.24, 2.45) is 11.1 Å². The Morgan fingerprint density at radius 1 is 1.33 bits per heavy atom. The minimum absolute atomic E-state index is 0.202. The first-order valence-corrected chi connectivity index (χ1v) is 8.94. The van der Waals surface area contributed by atoms with Gasteiger partial charge in [0.25, 0.3) is 0 Å². The maximum absolute atomic E-state index is 13.1. The highest BCUT2D eigenvalue weighted by molar-refractivity contribution is 5.83. The number of carbonyl (C=O) groups is 1. The van der Waals surface area contributed by atoms with Crippen LogP contribution in [-0.2, 0) is 4.79 Å². The molecule has 1 amide bonds. The highest BCUT2D eigenvalue weighted by Crippen LogP contribution is 2.32. The van der Waals surface area contributed by atoms with Gasteiger partial charge in [0, 0.05) is 31.7 Å². The third kappa shape index (κ3) is 2.79. The van der Waals surface area contributed by atoms with Crippen LogP contribution in [0.3, 0.4) is 0 Å². The molecule has 0 aromatic carbocycles. The molecular formula is C18H27N5O. The molecule has 1 atom stereocenters. The summed E-state index contributed by atoms with van der Waals surface area (Å²) in [5.41, 5.74) is 6.40. The van der Waals surface area contributed by atoms with Crippen molar-refractivity contribution in [2.45, 2.75) is 45.4 Å². The lowest BCUT2D eigenvalue weighted by molar-refractivity contribution is -0.143. The maximum atomic E-state index is 13.1. The number of nitrogens with zero attached hydrogens (tertiary/aromatic N) is 4. The lowest BCUT2D eigenvalue weighted by Gasteiger charge is -2.39. The number of rotatable bonds is 5. The highest BCUT2D eigenvalue weighted by Gasteiger charge is 2.39. The Morgan fingerprint density at radius 2 is 2.12 bits per heavy atom. The molecule has 6 nitrogen and oxygen atoms in total. The number of hydrogen-bond acceptors (Lipinski definition) is 4. The molecule has 0 saturated carbocycles. The third-order valence-corrected chi connectivity index (χ3v) is 5.61. The minimum Gasteiger partial charge on any atom is -0.341 e. The van der Waals surface area contributed by atoms with Gasteiger partial charge in [-0.2, -0.15) is 0 Å². The number of aromatic nitrogens is 3. The van der Waals surface area contributed by atoms with E-state index in [4.69, 9.17) is 5.73 Å². The summed E-state index contributed by atoms with van der Waals surface area (Å²) in [5, 5.41) is 8.64. The summed E-state index contributed by atoms with van der Waals surface area (Å²) >= 11 is 0. The van der Waals surface area contributed by atoms with Crippen LogP contribution in [0.15, 0.2) is 24.4 Å². The Kier molecular flexibility index (Phi) is 4.85. The zero-order chi connectivity index (χ0) is 17.2. The lowest BCUT2D eigenvalue weighted by Crippen LogP contribution is -2.50. The van der Waals surface area contributed by atoms with Gasteiger partial charge >= 0.3 is 0 Å². The van der Waals surface area contributed by atoms with E-state index >= 15 is 0 Å². The quantitative estimate of drug-likeness (QED) is 0.912. The summed E-state index contributed by atoms with van der Waals surface area (Å²) < 4.78 is 2.04. The molecule has 2 N–H and O–H groups in total. The lowest BCUT2D eigenvalue weighted by atomic mass is 9.80. The van der Waals surface area contributed by atoms with E-state index in [1.807, 2.05) is 33.7 Å². The smallest absolute Gasteiger partial charge is 0.230 e. The van der Waals surface area contributed by atoms with Crippen LogP contribution in [0.4, 0.5) is 0 Å². The molecule has 0 bridgehead atoms. The van der Waals surface area contributed by atoms with Crippen molar-refractivity contribution in [3.63, 3.8) is 0 Å². The molecular weight excluding hydrogens is 302 g/mol. The average Bonchev–Trinajstić information content (AvgIpc) is 3.08. The number of piperidine rings is 1. The van der Waals surface area contributed by atoms with Crippen LogP contribution in [0.2, 0.25) is 0 Å². The van der Waals surface area contributed by atoms with Crippen LogP contribution >= 0.6 is 0 Å². The number of likely N-dealkylation sites (tertiary alicyclic amines) is 1. The number of amides is 1. The minimum atomic E-state index is -0.422. The van der Waals surface area contributed by atoms with Crippen LogP contribution in [0.5, 0.6) is 0 Å². The predicted molar refractivity (Wildman–Crippen MR) is 93.6 cm³/mol. The number of carbonyl (C=O) groups excluding carboxylic acids is 1. The van der Waals surface area contributed by atoms with Crippen molar-refractivity contribution in [1.29, 1.82) is 0 Å². The first-order chi connectivity index (χ1) is 11.6. The Hall–Kier alpha value is -1.95. The van der Waals surface area contributed by atoms with Crippen LogP contribution in [0.25, 0.3) is 5.65 Å². The van der Waals surface area contributed by atoms with Crippen molar-refractivity contribution >= 4 is 11.6 Å². The predicted octanol–water partition coefficient (Wildman–Crippen LogP) is 2.20. The van der Waals surface area contributed by atoms with E-state index in [1.165, 1.54) is 0 Å². The van der Waals surface area contributed by atoms with E-state index in [1.54, 1.807) is 0 Å². The number of hydrogen-bond donors (Lipinski definition) is 1. The van der Waals surface area contributed by atoms with Gasteiger partial charge in [-0.25, -0.2) is 0 Å². The number of fused-ring (bicyclic) bond motifs is 1. The molecule has 1 unspecified atom stereocenters. The topological polar surface area (TPSA) is 76.5 Å².